The lowest BCUT2D eigenvalue weighted by Gasteiger charge is -2.26. The Morgan fingerprint density at radius 2 is 1.74 bits per heavy atom. The van der Waals surface area contributed by atoms with E-state index in [0.717, 1.165) is 56.9 Å². The van der Waals surface area contributed by atoms with Crippen molar-refractivity contribution in [3.05, 3.63) is 65.7 Å². The second-order valence-corrected chi connectivity index (χ2v) is 8.22. The molecule has 2 heterocycles. The Morgan fingerprint density at radius 3 is 2.55 bits per heavy atom. The lowest BCUT2D eigenvalue weighted by molar-refractivity contribution is -0.132. The number of benzene rings is 2. The van der Waals surface area contributed by atoms with E-state index in [-0.39, 0.29) is 11.8 Å². The topological polar surface area (TPSA) is 61.9 Å². The van der Waals surface area contributed by atoms with Crippen molar-refractivity contribution in [2.24, 2.45) is 5.92 Å². The third kappa shape index (κ3) is 5.51. The van der Waals surface area contributed by atoms with E-state index in [1.54, 1.807) is 4.90 Å². The molecule has 0 aromatic heterocycles. The van der Waals surface area contributed by atoms with Crippen LogP contribution in [0, 0.1) is 5.92 Å². The second kappa shape index (κ2) is 10.6. The summed E-state index contributed by atoms with van der Waals surface area (Å²) in [6.07, 6.45) is 2.21. The molecular weight excluding hydrogens is 390 g/mol. The second-order valence-electron chi connectivity index (χ2n) is 8.22. The van der Waals surface area contributed by atoms with E-state index in [9.17, 15) is 9.59 Å². The molecule has 2 amide bonds. The van der Waals surface area contributed by atoms with E-state index < -0.39 is 5.92 Å². The van der Waals surface area contributed by atoms with Gasteiger partial charge in [0.2, 0.25) is 11.8 Å². The largest absolute Gasteiger partial charge is 0.379 e. The molecule has 4 rings (SSSR count). The Kier molecular flexibility index (Phi) is 7.33. The van der Waals surface area contributed by atoms with Crippen molar-refractivity contribution < 1.29 is 14.3 Å². The number of morpholine rings is 1. The molecular formula is C25H31N3O3. The summed E-state index contributed by atoms with van der Waals surface area (Å²) in [7, 11) is 0. The van der Waals surface area contributed by atoms with Crippen LogP contribution in [0.25, 0.3) is 0 Å². The van der Waals surface area contributed by atoms with Gasteiger partial charge in [0, 0.05) is 31.9 Å². The van der Waals surface area contributed by atoms with Crippen molar-refractivity contribution in [2.45, 2.75) is 19.3 Å². The van der Waals surface area contributed by atoms with E-state index in [4.69, 9.17) is 4.74 Å². The number of carbonyl (C=O) groups is 2. The summed E-state index contributed by atoms with van der Waals surface area (Å²) in [4.78, 5) is 29.9. The zero-order chi connectivity index (χ0) is 21.5. The summed E-state index contributed by atoms with van der Waals surface area (Å²) in [5, 5.41) is 2.98. The molecule has 2 fully saturated rings. The summed E-state index contributed by atoms with van der Waals surface area (Å²) in [6.45, 7) is 5.59. The maximum Gasteiger partial charge on any atom is 0.239 e. The predicted octanol–water partition coefficient (Wildman–Crippen LogP) is 2.47. The number of para-hydroxylation sites is 1. The Bertz CT molecular complexity index is 881. The number of carbonyl (C=O) groups excluding carboxylic acids is 2. The fourth-order valence-electron chi connectivity index (χ4n) is 4.36. The maximum atomic E-state index is 13.1. The van der Waals surface area contributed by atoms with Gasteiger partial charge in [-0.3, -0.25) is 14.5 Å². The van der Waals surface area contributed by atoms with Gasteiger partial charge in [-0.1, -0.05) is 48.5 Å². The first-order chi connectivity index (χ1) is 15.2. The smallest absolute Gasteiger partial charge is 0.239 e. The first-order valence-corrected chi connectivity index (χ1v) is 11.2. The van der Waals surface area contributed by atoms with Crippen molar-refractivity contribution in [3.63, 3.8) is 0 Å². The highest BCUT2D eigenvalue weighted by atomic mass is 16.5. The van der Waals surface area contributed by atoms with Crippen LogP contribution in [0.15, 0.2) is 54.6 Å². The molecule has 0 aliphatic carbocycles. The third-order valence-corrected chi connectivity index (χ3v) is 6.10. The average Bonchev–Trinajstić information content (AvgIpc) is 3.19. The van der Waals surface area contributed by atoms with Crippen molar-refractivity contribution in [2.75, 3.05) is 50.8 Å². The van der Waals surface area contributed by atoms with Gasteiger partial charge in [-0.05, 0) is 43.0 Å². The molecule has 1 atom stereocenters. The minimum absolute atomic E-state index is 0.0915. The fraction of sp³-hybridized carbons (Fsp3) is 0.440. The zero-order valence-electron chi connectivity index (χ0n) is 18.0. The van der Waals surface area contributed by atoms with Crippen molar-refractivity contribution in [1.82, 2.24) is 10.2 Å². The minimum atomic E-state index is -0.590. The molecule has 0 unspecified atom stereocenters. The van der Waals surface area contributed by atoms with Gasteiger partial charge in [0.15, 0.2) is 0 Å². The number of rotatable bonds is 8. The average molecular weight is 422 g/mol. The highest BCUT2D eigenvalue weighted by Gasteiger charge is 2.38. The summed E-state index contributed by atoms with van der Waals surface area (Å²) < 4.78 is 5.36. The number of nitrogens with one attached hydrogen (secondary N) is 1. The van der Waals surface area contributed by atoms with E-state index in [1.807, 2.05) is 36.4 Å². The van der Waals surface area contributed by atoms with E-state index in [1.165, 1.54) is 5.56 Å². The Morgan fingerprint density at radius 1 is 1.00 bits per heavy atom. The van der Waals surface area contributed by atoms with Crippen LogP contribution < -0.4 is 10.2 Å². The molecule has 6 nitrogen and oxygen atoms in total. The summed E-state index contributed by atoms with van der Waals surface area (Å²) in [5.41, 5.74) is 3.23. The lowest BCUT2D eigenvalue weighted by Crippen LogP contribution is -2.40. The zero-order valence-corrected chi connectivity index (χ0v) is 18.0. The maximum absolute atomic E-state index is 13.1. The molecule has 2 aliphatic heterocycles. The van der Waals surface area contributed by atoms with Crippen LogP contribution >= 0.6 is 0 Å². The Balaban J connectivity index is 1.32. The van der Waals surface area contributed by atoms with Gasteiger partial charge in [-0.15, -0.1) is 0 Å². The highest BCUT2D eigenvalue weighted by Crippen LogP contribution is 2.29. The van der Waals surface area contributed by atoms with Gasteiger partial charge < -0.3 is 15.0 Å². The van der Waals surface area contributed by atoms with E-state index >= 15 is 0 Å². The first-order valence-electron chi connectivity index (χ1n) is 11.2. The molecule has 2 aromatic carbocycles. The van der Waals surface area contributed by atoms with Crippen molar-refractivity contribution >= 4 is 17.5 Å². The van der Waals surface area contributed by atoms with Gasteiger partial charge >= 0.3 is 0 Å². The van der Waals surface area contributed by atoms with Gasteiger partial charge in [-0.2, -0.15) is 0 Å². The summed E-state index contributed by atoms with van der Waals surface area (Å²) in [5.74, 6) is -0.825. The van der Waals surface area contributed by atoms with Gasteiger partial charge in [0.1, 0.15) is 5.92 Å². The van der Waals surface area contributed by atoms with Crippen LogP contribution in [-0.4, -0.2) is 62.7 Å². The van der Waals surface area contributed by atoms with Gasteiger partial charge in [-0.25, -0.2) is 0 Å². The molecule has 0 spiro atoms. The molecule has 0 radical (unpaired) electrons. The minimum Gasteiger partial charge on any atom is -0.379 e. The molecule has 2 aliphatic rings. The number of anilines is 1. The van der Waals surface area contributed by atoms with Crippen LogP contribution in [0.5, 0.6) is 0 Å². The molecule has 1 N–H and O–H groups in total. The van der Waals surface area contributed by atoms with Gasteiger partial charge in [0.25, 0.3) is 0 Å². The molecule has 2 aromatic rings. The predicted molar refractivity (Wildman–Crippen MR) is 121 cm³/mol. The van der Waals surface area contributed by atoms with Crippen LogP contribution in [0.3, 0.4) is 0 Å². The molecule has 31 heavy (non-hydrogen) atoms. The van der Waals surface area contributed by atoms with Crippen molar-refractivity contribution in [3.8, 4) is 0 Å². The Labute approximate surface area is 184 Å². The van der Waals surface area contributed by atoms with Crippen molar-refractivity contribution in [1.29, 1.82) is 0 Å². The SMILES string of the molecule is O=C(NCCCN1CCOCC1)[C@H]1CCN(c2ccccc2Cc2ccccc2)C1=O. The van der Waals surface area contributed by atoms with Crippen LogP contribution in [0.2, 0.25) is 0 Å². The monoisotopic (exact) mass is 421 g/mol. The quantitative estimate of drug-likeness (QED) is 0.526. The molecule has 2 saturated heterocycles. The summed E-state index contributed by atoms with van der Waals surface area (Å²) in [6, 6.07) is 18.2. The van der Waals surface area contributed by atoms with Crippen LogP contribution in [0.1, 0.15) is 24.0 Å². The van der Waals surface area contributed by atoms with Gasteiger partial charge in [0.05, 0.1) is 13.2 Å². The number of hydrogen-bond donors (Lipinski definition) is 1. The fourth-order valence-corrected chi connectivity index (χ4v) is 4.36. The number of nitrogens with zero attached hydrogens (tertiary/aromatic N) is 2. The van der Waals surface area contributed by atoms with Crippen LogP contribution in [-0.2, 0) is 20.7 Å². The lowest BCUT2D eigenvalue weighted by atomic mass is 10.0. The third-order valence-electron chi connectivity index (χ3n) is 6.10. The highest BCUT2D eigenvalue weighted by molar-refractivity contribution is 6.09. The normalized spacial score (nSPS) is 19.5. The Hall–Kier alpha value is -2.70. The molecule has 164 valence electrons. The van der Waals surface area contributed by atoms with E-state index in [0.29, 0.717) is 19.5 Å². The van der Waals surface area contributed by atoms with E-state index in [2.05, 4.69) is 28.4 Å². The molecule has 0 bridgehead atoms. The summed E-state index contributed by atoms with van der Waals surface area (Å²) >= 11 is 0. The number of amides is 2. The molecule has 6 heteroatoms. The molecule has 0 saturated carbocycles. The first kappa shape index (κ1) is 21.5. The number of hydrogen-bond acceptors (Lipinski definition) is 4. The number of ether oxygens (including phenoxy) is 1. The standard InChI is InChI=1S/C25H31N3O3/c29-24(26-12-6-13-27-15-17-31-18-16-27)22-11-14-28(25(22)30)23-10-5-4-9-21(23)19-20-7-2-1-3-8-20/h1-5,7-10,22H,6,11-19H2,(H,26,29)/t22-/m1/s1. The van der Waals surface area contributed by atoms with Crippen LogP contribution in [0.4, 0.5) is 5.69 Å².